The number of rotatable bonds is 2. The van der Waals surface area contributed by atoms with Crippen LogP contribution < -0.4 is 0 Å². The van der Waals surface area contributed by atoms with Crippen molar-refractivity contribution in [3.8, 4) is 0 Å². The van der Waals surface area contributed by atoms with E-state index in [0.717, 1.165) is 12.8 Å². The molecule has 2 fully saturated rings. The van der Waals surface area contributed by atoms with Crippen molar-refractivity contribution in [1.29, 1.82) is 0 Å². The highest BCUT2D eigenvalue weighted by Crippen LogP contribution is 2.33. The minimum Gasteiger partial charge on any atom is -0.299 e. The van der Waals surface area contributed by atoms with Crippen molar-refractivity contribution in [1.82, 2.24) is 19.0 Å². The van der Waals surface area contributed by atoms with Gasteiger partial charge in [0, 0.05) is 32.2 Å². The second-order valence-electron chi connectivity index (χ2n) is 6.03. The van der Waals surface area contributed by atoms with Crippen LogP contribution in [0.2, 0.25) is 5.15 Å². The van der Waals surface area contributed by atoms with Gasteiger partial charge in [0.1, 0.15) is 10.0 Å². The van der Waals surface area contributed by atoms with Gasteiger partial charge in [-0.25, -0.2) is 8.42 Å². The molecule has 3 heterocycles. The summed E-state index contributed by atoms with van der Waals surface area (Å²) in [6, 6.07) is 0.809. The molecule has 0 spiro atoms. The van der Waals surface area contributed by atoms with E-state index in [9.17, 15) is 8.42 Å². The van der Waals surface area contributed by atoms with Crippen LogP contribution in [-0.2, 0) is 17.1 Å². The number of hydrogen-bond acceptors (Lipinski definition) is 4. The Kier molecular flexibility index (Phi) is 3.80. The molecule has 2 saturated heterocycles. The van der Waals surface area contributed by atoms with Crippen LogP contribution >= 0.6 is 11.6 Å². The minimum absolute atomic E-state index is 0.159. The van der Waals surface area contributed by atoms with Crippen molar-refractivity contribution < 1.29 is 8.42 Å². The molecule has 8 heteroatoms. The van der Waals surface area contributed by atoms with Gasteiger partial charge in [-0.1, -0.05) is 11.6 Å². The third-order valence-corrected chi connectivity index (χ3v) is 7.37. The van der Waals surface area contributed by atoms with Crippen molar-refractivity contribution in [3.63, 3.8) is 0 Å². The lowest BCUT2D eigenvalue weighted by atomic mass is 10.1. The van der Waals surface area contributed by atoms with Crippen LogP contribution in [0, 0.1) is 6.92 Å². The molecule has 21 heavy (non-hydrogen) atoms. The van der Waals surface area contributed by atoms with Crippen molar-refractivity contribution in [2.75, 3.05) is 20.1 Å². The molecule has 0 saturated carbocycles. The Bertz CT molecular complexity index is 657. The summed E-state index contributed by atoms with van der Waals surface area (Å²) in [7, 11) is 0.177. The van der Waals surface area contributed by atoms with Gasteiger partial charge in [-0.3, -0.25) is 9.58 Å². The normalized spacial score (nSPS) is 28.0. The van der Waals surface area contributed by atoms with E-state index in [0.29, 0.717) is 30.9 Å². The minimum atomic E-state index is -3.58. The van der Waals surface area contributed by atoms with Crippen molar-refractivity contribution in [2.24, 2.45) is 7.05 Å². The SMILES string of the molecule is Cc1nn(C)c(Cl)c1S(=O)(=O)N1CC[C@@H]2CC[C@H](C1)N2C. The molecule has 2 aliphatic rings. The van der Waals surface area contributed by atoms with E-state index in [1.54, 1.807) is 18.3 Å². The zero-order valence-corrected chi connectivity index (χ0v) is 14.2. The molecular formula is C13H21ClN4O2S. The number of nitrogens with zero attached hydrogens (tertiary/aromatic N) is 4. The van der Waals surface area contributed by atoms with Gasteiger partial charge >= 0.3 is 0 Å². The molecule has 2 aliphatic heterocycles. The molecular weight excluding hydrogens is 312 g/mol. The molecule has 0 amide bonds. The Morgan fingerprint density at radius 2 is 1.86 bits per heavy atom. The monoisotopic (exact) mass is 332 g/mol. The molecule has 1 aromatic heterocycles. The molecule has 118 valence electrons. The predicted octanol–water partition coefficient (Wildman–Crippen LogP) is 1.24. The molecule has 3 rings (SSSR count). The molecule has 0 radical (unpaired) electrons. The second kappa shape index (κ2) is 5.22. The van der Waals surface area contributed by atoms with E-state index >= 15 is 0 Å². The van der Waals surface area contributed by atoms with Gasteiger partial charge in [0.2, 0.25) is 10.0 Å². The van der Waals surface area contributed by atoms with E-state index in [1.165, 1.54) is 11.1 Å². The van der Waals surface area contributed by atoms with Crippen LogP contribution in [0.3, 0.4) is 0 Å². The van der Waals surface area contributed by atoms with Gasteiger partial charge in [-0.15, -0.1) is 0 Å². The maximum atomic E-state index is 12.9. The summed E-state index contributed by atoms with van der Waals surface area (Å²) in [6.07, 6.45) is 3.11. The fourth-order valence-electron chi connectivity index (χ4n) is 3.53. The van der Waals surface area contributed by atoms with Crippen LogP contribution in [0.15, 0.2) is 4.90 Å². The number of aromatic nitrogens is 2. The predicted molar refractivity (Wildman–Crippen MR) is 80.9 cm³/mol. The largest absolute Gasteiger partial charge is 0.299 e. The van der Waals surface area contributed by atoms with Crippen molar-refractivity contribution in [3.05, 3.63) is 10.8 Å². The average molecular weight is 333 g/mol. The summed E-state index contributed by atoms with van der Waals surface area (Å²) in [4.78, 5) is 2.49. The zero-order valence-electron chi connectivity index (χ0n) is 12.6. The quantitative estimate of drug-likeness (QED) is 0.817. The molecule has 0 unspecified atom stereocenters. The maximum absolute atomic E-state index is 12.9. The number of likely N-dealkylation sites (N-methyl/N-ethyl adjacent to an activating group) is 1. The summed E-state index contributed by atoms with van der Waals surface area (Å²) in [6.45, 7) is 2.79. The van der Waals surface area contributed by atoms with E-state index in [2.05, 4.69) is 17.0 Å². The van der Waals surface area contributed by atoms with E-state index in [-0.39, 0.29) is 10.0 Å². The molecule has 1 aromatic rings. The fraction of sp³-hybridized carbons (Fsp3) is 0.769. The third-order valence-electron chi connectivity index (χ3n) is 4.81. The first-order valence-electron chi connectivity index (χ1n) is 7.23. The Morgan fingerprint density at radius 1 is 1.19 bits per heavy atom. The first-order valence-corrected chi connectivity index (χ1v) is 9.05. The van der Waals surface area contributed by atoms with Crippen LogP contribution in [0.5, 0.6) is 0 Å². The van der Waals surface area contributed by atoms with E-state index in [1.807, 2.05) is 0 Å². The number of hydrogen-bond donors (Lipinski definition) is 0. The second-order valence-corrected chi connectivity index (χ2v) is 8.26. The van der Waals surface area contributed by atoms with E-state index in [4.69, 9.17) is 11.6 Å². The van der Waals surface area contributed by atoms with Crippen LogP contribution in [-0.4, -0.2) is 59.6 Å². The fourth-order valence-corrected chi connectivity index (χ4v) is 5.73. The highest BCUT2D eigenvalue weighted by atomic mass is 35.5. The molecule has 0 aliphatic carbocycles. The Hall–Kier alpha value is -0.630. The first kappa shape index (κ1) is 15.3. The molecule has 2 atom stereocenters. The molecule has 2 bridgehead atoms. The number of halogens is 1. The summed E-state index contributed by atoms with van der Waals surface area (Å²) < 4.78 is 28.9. The first-order chi connectivity index (χ1) is 9.82. The Balaban J connectivity index is 1.95. The van der Waals surface area contributed by atoms with Gasteiger partial charge in [0.05, 0.1) is 5.69 Å². The standard InChI is InChI=1S/C13H21ClN4O2S/c1-9-12(13(14)17(3)15-9)21(19,20)18-7-6-10-4-5-11(8-18)16(10)2/h10-11H,4-8H2,1-3H3/t10-,11+/m0/s1. The van der Waals surface area contributed by atoms with Crippen LogP contribution in [0.4, 0.5) is 0 Å². The van der Waals surface area contributed by atoms with Crippen molar-refractivity contribution >= 4 is 21.6 Å². The van der Waals surface area contributed by atoms with Gasteiger partial charge < -0.3 is 0 Å². The lowest BCUT2D eigenvalue weighted by Gasteiger charge is -2.25. The highest BCUT2D eigenvalue weighted by molar-refractivity contribution is 7.89. The number of fused-ring (bicyclic) bond motifs is 2. The lowest BCUT2D eigenvalue weighted by molar-refractivity contribution is 0.246. The van der Waals surface area contributed by atoms with Crippen LogP contribution in [0.1, 0.15) is 25.0 Å². The summed E-state index contributed by atoms with van der Waals surface area (Å²) in [5, 5.41) is 4.32. The van der Waals surface area contributed by atoms with Gasteiger partial charge in [0.15, 0.2) is 0 Å². The number of sulfonamides is 1. The smallest absolute Gasteiger partial charge is 0.248 e. The summed E-state index contributed by atoms with van der Waals surface area (Å²) >= 11 is 6.15. The maximum Gasteiger partial charge on any atom is 0.248 e. The third kappa shape index (κ3) is 2.40. The van der Waals surface area contributed by atoms with E-state index < -0.39 is 10.0 Å². The average Bonchev–Trinajstić information content (AvgIpc) is 2.76. The Morgan fingerprint density at radius 3 is 2.48 bits per heavy atom. The topological polar surface area (TPSA) is 58.4 Å². The van der Waals surface area contributed by atoms with Gasteiger partial charge in [-0.05, 0) is 33.2 Å². The lowest BCUT2D eigenvalue weighted by Crippen LogP contribution is -2.39. The molecule has 0 N–H and O–H groups in total. The van der Waals surface area contributed by atoms with Gasteiger partial charge in [-0.2, -0.15) is 9.40 Å². The molecule has 0 aromatic carbocycles. The highest BCUT2D eigenvalue weighted by Gasteiger charge is 2.40. The zero-order chi connectivity index (χ0) is 15.4. The van der Waals surface area contributed by atoms with Crippen LogP contribution in [0.25, 0.3) is 0 Å². The summed E-state index contributed by atoms with van der Waals surface area (Å²) in [5.74, 6) is 0. The molecule has 6 nitrogen and oxygen atoms in total. The number of aryl methyl sites for hydroxylation is 2. The summed E-state index contributed by atoms with van der Waals surface area (Å²) in [5.41, 5.74) is 0.463. The van der Waals surface area contributed by atoms with Gasteiger partial charge in [0.25, 0.3) is 0 Å². The van der Waals surface area contributed by atoms with Crippen molar-refractivity contribution in [2.45, 2.75) is 43.2 Å². The Labute approximate surface area is 130 Å².